The van der Waals surface area contributed by atoms with Gasteiger partial charge < -0.3 is 19.9 Å². The molecule has 1 aromatic carbocycles. The number of amides is 1. The molecule has 25 heavy (non-hydrogen) atoms. The van der Waals surface area contributed by atoms with E-state index in [2.05, 4.69) is 15.6 Å². The van der Waals surface area contributed by atoms with Crippen LogP contribution in [0.4, 0.5) is 0 Å². The fourth-order valence-electron chi connectivity index (χ4n) is 2.45. The third-order valence-corrected chi connectivity index (χ3v) is 3.68. The zero-order chi connectivity index (χ0) is 18.6. The first-order valence-electron chi connectivity index (χ1n) is 7.51. The van der Waals surface area contributed by atoms with E-state index < -0.39 is 5.97 Å². The minimum Gasteiger partial charge on any atom is -0.493 e. The maximum Gasteiger partial charge on any atom is 0.358 e. The molecule has 9 heteroatoms. The summed E-state index contributed by atoms with van der Waals surface area (Å²) in [6, 6.07) is 3.37. The first-order chi connectivity index (χ1) is 11.8. The molecule has 0 spiro atoms. The molecular weight excluding hydrogens is 328 g/mol. The second-order valence-corrected chi connectivity index (χ2v) is 5.46. The molecule has 0 bridgehead atoms. The third-order valence-electron chi connectivity index (χ3n) is 3.68. The molecule has 0 saturated heterocycles. The number of carboxylic acid groups (broad SMARTS) is 1. The predicted molar refractivity (Wildman–Crippen MR) is 87.8 cm³/mol. The molecule has 0 fully saturated rings. The Morgan fingerprint density at radius 3 is 2.48 bits per heavy atom. The summed E-state index contributed by atoms with van der Waals surface area (Å²) in [5.74, 6) is -0.317. The Hall–Kier alpha value is -3.10. The number of rotatable bonds is 7. The molecule has 2 N–H and O–H groups in total. The van der Waals surface area contributed by atoms with Crippen LogP contribution in [0.15, 0.2) is 18.3 Å². The van der Waals surface area contributed by atoms with Gasteiger partial charge in [-0.2, -0.15) is 0 Å². The van der Waals surface area contributed by atoms with Crippen molar-refractivity contribution in [3.63, 3.8) is 0 Å². The summed E-state index contributed by atoms with van der Waals surface area (Å²) in [7, 11) is 3.11. The Balaban J connectivity index is 2.09. The maximum absolute atomic E-state index is 12.2. The fourth-order valence-corrected chi connectivity index (χ4v) is 2.45. The van der Waals surface area contributed by atoms with E-state index in [1.54, 1.807) is 14.2 Å². The molecule has 1 aromatic heterocycles. The van der Waals surface area contributed by atoms with Gasteiger partial charge in [-0.15, -0.1) is 5.10 Å². The Labute approximate surface area is 144 Å². The van der Waals surface area contributed by atoms with Crippen molar-refractivity contribution in [1.82, 2.24) is 20.3 Å². The van der Waals surface area contributed by atoms with E-state index in [9.17, 15) is 9.59 Å². The summed E-state index contributed by atoms with van der Waals surface area (Å²) >= 11 is 0. The SMILES string of the molecule is COc1cc(C)c(C(C)NC(=O)Cn2cc(C(=O)O)nn2)cc1OC. The molecule has 1 unspecified atom stereocenters. The molecular formula is C16H20N4O5. The van der Waals surface area contributed by atoms with E-state index in [-0.39, 0.29) is 24.2 Å². The van der Waals surface area contributed by atoms with Gasteiger partial charge in [-0.3, -0.25) is 4.79 Å². The molecule has 1 heterocycles. The van der Waals surface area contributed by atoms with Gasteiger partial charge in [0.25, 0.3) is 0 Å². The summed E-state index contributed by atoms with van der Waals surface area (Å²) in [5, 5.41) is 18.7. The minimum atomic E-state index is -1.19. The standard InChI is InChI=1S/C16H20N4O5/c1-9-5-13(24-3)14(25-4)6-11(9)10(2)17-15(21)8-20-7-12(16(22)23)18-19-20/h5-7,10H,8H2,1-4H3,(H,17,21)(H,22,23). The topological polar surface area (TPSA) is 116 Å². The van der Waals surface area contributed by atoms with Crippen LogP contribution in [-0.4, -0.2) is 46.2 Å². The van der Waals surface area contributed by atoms with Crippen molar-refractivity contribution in [2.75, 3.05) is 14.2 Å². The van der Waals surface area contributed by atoms with Gasteiger partial charge >= 0.3 is 5.97 Å². The van der Waals surface area contributed by atoms with Gasteiger partial charge in [0.05, 0.1) is 26.5 Å². The van der Waals surface area contributed by atoms with E-state index in [1.807, 2.05) is 26.0 Å². The van der Waals surface area contributed by atoms with Crippen molar-refractivity contribution in [2.45, 2.75) is 26.4 Å². The van der Waals surface area contributed by atoms with Crippen molar-refractivity contribution < 1.29 is 24.2 Å². The van der Waals surface area contributed by atoms with E-state index in [4.69, 9.17) is 14.6 Å². The quantitative estimate of drug-likeness (QED) is 0.772. The number of aryl methyl sites for hydroxylation is 1. The molecule has 1 atom stereocenters. The van der Waals surface area contributed by atoms with Crippen LogP contribution >= 0.6 is 0 Å². The molecule has 1 amide bonds. The predicted octanol–water partition coefficient (Wildman–Crippen LogP) is 1.18. The van der Waals surface area contributed by atoms with Crippen LogP contribution in [0.1, 0.15) is 34.6 Å². The van der Waals surface area contributed by atoms with Crippen LogP contribution in [0.5, 0.6) is 11.5 Å². The van der Waals surface area contributed by atoms with Crippen LogP contribution in [0.3, 0.4) is 0 Å². The highest BCUT2D eigenvalue weighted by Gasteiger charge is 2.17. The van der Waals surface area contributed by atoms with Gasteiger partial charge in [0.2, 0.25) is 5.91 Å². The number of aromatic nitrogens is 3. The van der Waals surface area contributed by atoms with Crippen molar-refractivity contribution in [3.8, 4) is 11.5 Å². The molecule has 0 radical (unpaired) electrons. The van der Waals surface area contributed by atoms with Gasteiger partial charge in [0.15, 0.2) is 17.2 Å². The molecule has 9 nitrogen and oxygen atoms in total. The minimum absolute atomic E-state index is 0.128. The number of benzene rings is 1. The van der Waals surface area contributed by atoms with Crippen LogP contribution in [0.25, 0.3) is 0 Å². The van der Waals surface area contributed by atoms with Crippen LogP contribution in [0, 0.1) is 6.92 Å². The molecule has 2 rings (SSSR count). The zero-order valence-corrected chi connectivity index (χ0v) is 14.4. The van der Waals surface area contributed by atoms with Crippen LogP contribution in [0.2, 0.25) is 0 Å². The number of hydrogen-bond donors (Lipinski definition) is 2. The first kappa shape index (κ1) is 18.2. The Morgan fingerprint density at radius 2 is 1.92 bits per heavy atom. The van der Waals surface area contributed by atoms with E-state index in [1.165, 1.54) is 10.9 Å². The number of carboxylic acids is 1. The average molecular weight is 348 g/mol. The number of nitrogens with one attached hydrogen (secondary N) is 1. The zero-order valence-electron chi connectivity index (χ0n) is 14.4. The Kier molecular flexibility index (Phi) is 5.58. The first-order valence-corrected chi connectivity index (χ1v) is 7.51. The molecule has 0 aliphatic heterocycles. The number of hydrogen-bond acceptors (Lipinski definition) is 6. The number of carbonyl (C=O) groups is 2. The summed E-state index contributed by atoms with van der Waals surface area (Å²) in [5.41, 5.74) is 1.62. The van der Waals surface area contributed by atoms with Gasteiger partial charge in [-0.25, -0.2) is 9.48 Å². The normalized spacial score (nSPS) is 11.7. The highest BCUT2D eigenvalue weighted by atomic mass is 16.5. The molecule has 134 valence electrons. The molecule has 2 aromatic rings. The van der Waals surface area contributed by atoms with Gasteiger partial charge in [0, 0.05) is 0 Å². The van der Waals surface area contributed by atoms with Crippen molar-refractivity contribution in [1.29, 1.82) is 0 Å². The van der Waals surface area contributed by atoms with Crippen molar-refractivity contribution in [3.05, 3.63) is 35.2 Å². The lowest BCUT2D eigenvalue weighted by Gasteiger charge is -2.19. The number of nitrogens with zero attached hydrogens (tertiary/aromatic N) is 3. The number of carbonyl (C=O) groups excluding carboxylic acids is 1. The number of aromatic carboxylic acids is 1. The lowest BCUT2D eigenvalue weighted by atomic mass is 10.0. The monoisotopic (exact) mass is 348 g/mol. The highest BCUT2D eigenvalue weighted by Crippen LogP contribution is 2.32. The van der Waals surface area contributed by atoms with Crippen LogP contribution < -0.4 is 14.8 Å². The molecule has 0 saturated carbocycles. The fraction of sp³-hybridized carbons (Fsp3) is 0.375. The second kappa shape index (κ2) is 7.65. The van der Waals surface area contributed by atoms with Gasteiger partial charge in [0.1, 0.15) is 6.54 Å². The summed E-state index contributed by atoms with van der Waals surface area (Å²) in [4.78, 5) is 22.9. The smallest absolute Gasteiger partial charge is 0.358 e. The summed E-state index contributed by atoms with van der Waals surface area (Å²) in [6.45, 7) is 3.63. The van der Waals surface area contributed by atoms with Crippen molar-refractivity contribution in [2.24, 2.45) is 0 Å². The van der Waals surface area contributed by atoms with E-state index in [0.717, 1.165) is 11.1 Å². The van der Waals surface area contributed by atoms with Gasteiger partial charge in [-0.1, -0.05) is 5.21 Å². The average Bonchev–Trinajstić information content (AvgIpc) is 3.02. The largest absolute Gasteiger partial charge is 0.493 e. The highest BCUT2D eigenvalue weighted by molar-refractivity contribution is 5.84. The Morgan fingerprint density at radius 1 is 1.28 bits per heavy atom. The molecule has 0 aliphatic carbocycles. The molecule has 0 aliphatic rings. The van der Waals surface area contributed by atoms with E-state index in [0.29, 0.717) is 11.5 Å². The Bertz CT molecular complexity index is 787. The van der Waals surface area contributed by atoms with Gasteiger partial charge in [-0.05, 0) is 37.1 Å². The van der Waals surface area contributed by atoms with E-state index >= 15 is 0 Å². The van der Waals surface area contributed by atoms with Crippen molar-refractivity contribution >= 4 is 11.9 Å². The summed E-state index contributed by atoms with van der Waals surface area (Å²) < 4.78 is 11.7. The maximum atomic E-state index is 12.2. The lowest BCUT2D eigenvalue weighted by molar-refractivity contribution is -0.122. The lowest BCUT2D eigenvalue weighted by Crippen LogP contribution is -2.30. The number of methoxy groups -OCH3 is 2. The second-order valence-electron chi connectivity index (χ2n) is 5.46. The van der Waals surface area contributed by atoms with Crippen LogP contribution in [-0.2, 0) is 11.3 Å². The third kappa shape index (κ3) is 4.25. The summed E-state index contributed by atoms with van der Waals surface area (Å²) in [6.07, 6.45) is 1.20. The number of ether oxygens (including phenoxy) is 2.